The van der Waals surface area contributed by atoms with Crippen LogP contribution in [0.2, 0.25) is 0 Å². The molecule has 5 rings (SSSR count). The minimum Gasteiger partial charge on any atom is -0.493 e. The molecule has 0 bridgehead atoms. The highest BCUT2D eigenvalue weighted by atomic mass is 16.5. The van der Waals surface area contributed by atoms with Gasteiger partial charge in [-0.15, -0.1) is 0 Å². The summed E-state index contributed by atoms with van der Waals surface area (Å²) in [5.41, 5.74) is 5.21. The fraction of sp³-hybridized carbons (Fsp3) is 0.310. The highest BCUT2D eigenvalue weighted by molar-refractivity contribution is 5.77. The van der Waals surface area contributed by atoms with Gasteiger partial charge in [-0.25, -0.2) is 4.98 Å². The normalized spacial score (nSPS) is 13.6. The van der Waals surface area contributed by atoms with Crippen molar-refractivity contribution in [2.75, 3.05) is 57.2 Å². The van der Waals surface area contributed by atoms with Crippen LogP contribution in [0.3, 0.4) is 0 Å². The van der Waals surface area contributed by atoms with Crippen LogP contribution in [0.4, 0.5) is 11.5 Å². The molecule has 0 atom stereocenters. The van der Waals surface area contributed by atoms with Crippen LogP contribution in [-0.4, -0.2) is 67.1 Å². The summed E-state index contributed by atoms with van der Waals surface area (Å²) < 4.78 is 12.9. The van der Waals surface area contributed by atoms with Gasteiger partial charge in [0.25, 0.3) is 0 Å². The molecule has 8 heteroatoms. The second-order valence-corrected chi connectivity index (χ2v) is 9.14. The maximum atomic E-state index is 11.6. The Kier molecular flexibility index (Phi) is 7.16. The minimum absolute atomic E-state index is 0.146. The molecule has 0 radical (unpaired) electrons. The maximum absolute atomic E-state index is 11.6. The summed E-state index contributed by atoms with van der Waals surface area (Å²) >= 11 is 0. The lowest BCUT2D eigenvalue weighted by atomic mass is 10.1. The van der Waals surface area contributed by atoms with Crippen molar-refractivity contribution in [2.24, 2.45) is 0 Å². The van der Waals surface area contributed by atoms with Crippen LogP contribution < -0.4 is 19.7 Å². The Hall–Kier alpha value is -4.20. The van der Waals surface area contributed by atoms with Crippen molar-refractivity contribution in [3.8, 4) is 22.8 Å². The summed E-state index contributed by atoms with van der Waals surface area (Å²) in [4.78, 5) is 20.8. The zero-order chi connectivity index (χ0) is 25.8. The van der Waals surface area contributed by atoms with E-state index in [1.165, 1.54) is 5.69 Å². The van der Waals surface area contributed by atoms with Gasteiger partial charge in [0, 0.05) is 57.1 Å². The number of hydrogen-bond acceptors (Lipinski definition) is 6. The summed E-state index contributed by atoms with van der Waals surface area (Å²) in [5.74, 6) is 2.58. The van der Waals surface area contributed by atoms with Crippen LogP contribution >= 0.6 is 0 Å². The molecule has 0 unspecified atom stereocenters. The third-order valence-corrected chi connectivity index (χ3v) is 6.91. The minimum atomic E-state index is 0.146. The topological polar surface area (TPSA) is 71.3 Å². The number of pyridine rings is 1. The molecule has 0 spiro atoms. The van der Waals surface area contributed by atoms with Crippen molar-refractivity contribution in [2.45, 2.75) is 13.3 Å². The number of imidazole rings is 1. The van der Waals surface area contributed by atoms with Crippen LogP contribution in [-0.2, 0) is 11.2 Å². The standard InChI is InChI=1S/C29H33N5O3/c1-21(35)32-16-18-33(19-17-32)24-10-8-23(9-11-24)28-29(34-15-5-4-6-27(34)31-28)30-14-13-22-7-12-25(36-2)26(20-22)37-3/h4-12,15,20,30H,13-14,16-19H2,1-3H3. The first-order valence-corrected chi connectivity index (χ1v) is 12.6. The zero-order valence-electron chi connectivity index (χ0n) is 21.6. The highest BCUT2D eigenvalue weighted by Gasteiger charge is 2.19. The number of ether oxygens (including phenoxy) is 2. The van der Waals surface area contributed by atoms with E-state index in [-0.39, 0.29) is 5.91 Å². The zero-order valence-corrected chi connectivity index (χ0v) is 21.6. The molecule has 192 valence electrons. The lowest BCUT2D eigenvalue weighted by molar-refractivity contribution is -0.129. The number of rotatable bonds is 8. The number of nitrogens with zero attached hydrogens (tertiary/aromatic N) is 4. The van der Waals surface area contributed by atoms with Crippen molar-refractivity contribution in [3.63, 3.8) is 0 Å². The second-order valence-electron chi connectivity index (χ2n) is 9.14. The number of aromatic nitrogens is 2. The van der Waals surface area contributed by atoms with Gasteiger partial charge in [-0.1, -0.05) is 24.3 Å². The van der Waals surface area contributed by atoms with E-state index in [0.29, 0.717) is 0 Å². The van der Waals surface area contributed by atoms with Crippen molar-refractivity contribution >= 4 is 23.1 Å². The van der Waals surface area contributed by atoms with Crippen LogP contribution in [0, 0.1) is 0 Å². The summed E-state index contributed by atoms with van der Waals surface area (Å²) in [6.07, 6.45) is 2.86. The average molecular weight is 500 g/mol. The molecular weight excluding hydrogens is 466 g/mol. The summed E-state index contributed by atoms with van der Waals surface area (Å²) in [6, 6.07) is 20.6. The number of amides is 1. The molecule has 8 nitrogen and oxygen atoms in total. The quantitative estimate of drug-likeness (QED) is 0.389. The predicted molar refractivity (Wildman–Crippen MR) is 147 cm³/mol. The SMILES string of the molecule is COc1ccc(CCNc2c(-c3ccc(N4CCN(C(C)=O)CC4)cc3)nc3ccccn23)cc1OC. The van der Waals surface area contributed by atoms with Gasteiger partial charge >= 0.3 is 0 Å². The van der Waals surface area contributed by atoms with Gasteiger partial charge in [0.05, 0.1) is 14.2 Å². The van der Waals surface area contributed by atoms with Gasteiger partial charge in [0.2, 0.25) is 5.91 Å². The van der Waals surface area contributed by atoms with Crippen molar-refractivity contribution in [1.29, 1.82) is 0 Å². The third-order valence-electron chi connectivity index (χ3n) is 6.91. The highest BCUT2D eigenvalue weighted by Crippen LogP contribution is 2.31. The van der Waals surface area contributed by atoms with Gasteiger partial charge in [0.15, 0.2) is 11.5 Å². The molecule has 3 heterocycles. The molecule has 0 aliphatic carbocycles. The Bertz CT molecular complexity index is 1370. The molecule has 1 amide bonds. The lowest BCUT2D eigenvalue weighted by Crippen LogP contribution is -2.48. The number of hydrogen-bond donors (Lipinski definition) is 1. The monoisotopic (exact) mass is 499 g/mol. The number of carbonyl (C=O) groups excluding carboxylic acids is 1. The smallest absolute Gasteiger partial charge is 0.219 e. The van der Waals surface area contributed by atoms with Gasteiger partial charge in [-0.2, -0.15) is 0 Å². The first-order valence-electron chi connectivity index (χ1n) is 12.6. The van der Waals surface area contributed by atoms with Gasteiger partial charge < -0.3 is 24.6 Å². The molecule has 1 fully saturated rings. The fourth-order valence-electron chi connectivity index (χ4n) is 4.84. The van der Waals surface area contributed by atoms with E-state index in [9.17, 15) is 4.79 Å². The molecule has 1 aliphatic heterocycles. The van der Waals surface area contributed by atoms with Crippen LogP contribution in [0.1, 0.15) is 12.5 Å². The Morgan fingerprint density at radius 3 is 2.41 bits per heavy atom. The largest absolute Gasteiger partial charge is 0.493 e. The average Bonchev–Trinajstić information content (AvgIpc) is 3.31. The summed E-state index contributed by atoms with van der Waals surface area (Å²) in [5, 5.41) is 3.62. The first kappa shape index (κ1) is 24.5. The third kappa shape index (κ3) is 5.18. The summed E-state index contributed by atoms with van der Waals surface area (Å²) in [7, 11) is 3.30. The molecule has 1 N–H and O–H groups in total. The van der Waals surface area contributed by atoms with E-state index < -0.39 is 0 Å². The number of benzene rings is 2. The Morgan fingerprint density at radius 2 is 1.70 bits per heavy atom. The first-order chi connectivity index (χ1) is 18.1. The Labute approximate surface area is 217 Å². The molecule has 37 heavy (non-hydrogen) atoms. The molecule has 1 aliphatic rings. The van der Waals surface area contributed by atoms with Crippen LogP contribution in [0.25, 0.3) is 16.9 Å². The fourth-order valence-corrected chi connectivity index (χ4v) is 4.84. The Balaban J connectivity index is 1.33. The van der Waals surface area contributed by atoms with Crippen LogP contribution in [0.15, 0.2) is 66.9 Å². The number of carbonyl (C=O) groups is 1. The van der Waals surface area contributed by atoms with Crippen molar-refractivity contribution in [1.82, 2.24) is 14.3 Å². The number of methoxy groups -OCH3 is 2. The molecule has 2 aromatic heterocycles. The lowest BCUT2D eigenvalue weighted by Gasteiger charge is -2.35. The molecule has 2 aromatic carbocycles. The maximum Gasteiger partial charge on any atom is 0.219 e. The van der Waals surface area contributed by atoms with E-state index in [1.807, 2.05) is 41.4 Å². The molecule has 0 saturated carbocycles. The number of piperazine rings is 1. The Morgan fingerprint density at radius 1 is 0.946 bits per heavy atom. The number of fused-ring (bicyclic) bond motifs is 1. The second kappa shape index (κ2) is 10.8. The van der Waals surface area contributed by atoms with Crippen molar-refractivity contribution in [3.05, 3.63) is 72.4 Å². The predicted octanol–water partition coefficient (Wildman–Crippen LogP) is 4.34. The number of nitrogens with one attached hydrogen (secondary N) is 1. The molecule has 4 aromatic rings. The van der Waals surface area contributed by atoms with Gasteiger partial charge in [-0.3, -0.25) is 9.20 Å². The molecular formula is C29H33N5O3. The van der Waals surface area contributed by atoms with E-state index in [0.717, 1.165) is 78.9 Å². The van der Waals surface area contributed by atoms with E-state index >= 15 is 0 Å². The summed E-state index contributed by atoms with van der Waals surface area (Å²) in [6.45, 7) is 5.59. The van der Waals surface area contributed by atoms with E-state index in [1.54, 1.807) is 21.1 Å². The van der Waals surface area contributed by atoms with Gasteiger partial charge in [-0.05, 0) is 48.4 Å². The molecule has 1 saturated heterocycles. The van der Waals surface area contributed by atoms with Crippen LogP contribution in [0.5, 0.6) is 11.5 Å². The van der Waals surface area contributed by atoms with Gasteiger partial charge in [0.1, 0.15) is 17.2 Å². The van der Waals surface area contributed by atoms with Crippen molar-refractivity contribution < 1.29 is 14.3 Å². The van der Waals surface area contributed by atoms with E-state index in [4.69, 9.17) is 14.5 Å². The number of anilines is 2. The van der Waals surface area contributed by atoms with E-state index in [2.05, 4.69) is 44.9 Å².